The van der Waals surface area contributed by atoms with Gasteiger partial charge in [-0.1, -0.05) is 60.5 Å². The molecule has 0 aromatic heterocycles. The number of carbonyl (C=O) groups excluding carboxylic acids is 1. The number of ether oxygens (including phenoxy) is 5. The van der Waals surface area contributed by atoms with E-state index in [2.05, 4.69) is 23.9 Å². The summed E-state index contributed by atoms with van der Waals surface area (Å²) in [7, 11) is 3.24. The van der Waals surface area contributed by atoms with Gasteiger partial charge in [0.2, 0.25) is 5.79 Å². The Morgan fingerprint density at radius 2 is 1.74 bits per heavy atom. The number of benzene rings is 3. The number of hydrogen-bond donors (Lipinski definition) is 2. The van der Waals surface area contributed by atoms with E-state index in [4.69, 9.17) is 28.5 Å². The first kappa shape index (κ1) is 43.3. The first-order valence-electron chi connectivity index (χ1n) is 20.3. The lowest BCUT2D eigenvalue weighted by Gasteiger charge is -2.59. The number of rotatable bonds is 21. The molecule has 6 unspecified atom stereocenters. The minimum Gasteiger partial charge on any atom is -0.459 e. The number of nitrogens with zero attached hydrogens (tertiary/aromatic N) is 2. The van der Waals surface area contributed by atoms with Crippen molar-refractivity contribution in [2.75, 3.05) is 53.4 Å². The van der Waals surface area contributed by atoms with Crippen molar-refractivity contribution in [2.24, 2.45) is 22.9 Å². The molecule has 0 bridgehead atoms. The van der Waals surface area contributed by atoms with Gasteiger partial charge in [-0.3, -0.25) is 0 Å². The predicted octanol–water partition coefficient (Wildman–Crippen LogP) is 8.75. The molecule has 3 aliphatic rings. The summed E-state index contributed by atoms with van der Waals surface area (Å²) in [5.74, 6) is 0.276. The summed E-state index contributed by atoms with van der Waals surface area (Å²) in [5.41, 5.74) is 3.68. The van der Waals surface area contributed by atoms with Crippen LogP contribution in [0.1, 0.15) is 62.0 Å². The lowest BCUT2D eigenvalue weighted by Crippen LogP contribution is -2.69. The average Bonchev–Trinajstić information content (AvgIpc) is 3.25. The zero-order valence-corrected chi connectivity index (χ0v) is 34.7. The second-order valence-electron chi connectivity index (χ2n) is 15.0. The van der Waals surface area contributed by atoms with Gasteiger partial charge < -0.3 is 43.6 Å². The monoisotopic (exact) mass is 814 g/mol. The summed E-state index contributed by atoms with van der Waals surface area (Å²) in [5, 5.41) is 24.3. The van der Waals surface area contributed by atoms with E-state index in [0.29, 0.717) is 36.7 Å². The van der Waals surface area contributed by atoms with Gasteiger partial charge >= 0.3 is 6.09 Å². The van der Waals surface area contributed by atoms with Crippen molar-refractivity contribution in [3.63, 3.8) is 0 Å². The maximum absolute atomic E-state index is 14.0. The smallest absolute Gasteiger partial charge is 0.410 e. The number of likely N-dealkylation sites (N-methyl/N-ethyl adjacent to an activating group) is 1. The van der Waals surface area contributed by atoms with Crippen LogP contribution < -0.4 is 9.47 Å². The van der Waals surface area contributed by atoms with Crippen LogP contribution in [0, 0.1) is 17.8 Å². The number of unbranched alkanes of at least 4 members (excludes halogenated alkanes) is 2. The molecule has 1 saturated carbocycles. The summed E-state index contributed by atoms with van der Waals surface area (Å²) in [6, 6.07) is 23.1. The van der Waals surface area contributed by atoms with Gasteiger partial charge in [0, 0.05) is 43.1 Å². The van der Waals surface area contributed by atoms with E-state index >= 15 is 0 Å². The van der Waals surface area contributed by atoms with Gasteiger partial charge in [0.05, 0.1) is 31.5 Å². The van der Waals surface area contributed by atoms with Crippen molar-refractivity contribution in [1.82, 2.24) is 4.90 Å². The lowest BCUT2D eigenvalue weighted by molar-refractivity contribution is -0.253. The zero-order chi connectivity index (χ0) is 40.9. The topological polar surface area (TPSA) is 129 Å². The molecule has 58 heavy (non-hydrogen) atoms. The van der Waals surface area contributed by atoms with Crippen molar-refractivity contribution < 1.29 is 43.5 Å². The van der Waals surface area contributed by atoms with Crippen molar-refractivity contribution in [2.45, 2.75) is 74.2 Å². The number of oxime groups is 1. The standard InChI is InChI=1S/C46H58N2O9S/c1-5-25-55-46-42(48(2)45(51)54-27-26-53-31-32-13-7-6-8-14-32)30-40(47-52-3)38-28-33(15-9-11-23-49)37(16-10-12-24-50)43(44(38)46)39-29-35(19-22-41(39)57-46)56-34-17-20-36(58-4)21-18-34/h5-8,13-14,17-22,28-29,33,37,42-44,49-50H,1,9-12,15-16,23-27,30-31H2,2-4H3. The summed E-state index contributed by atoms with van der Waals surface area (Å²) in [6.45, 7) is 5.08. The minimum atomic E-state index is -1.37. The van der Waals surface area contributed by atoms with E-state index in [1.54, 1.807) is 29.8 Å². The number of thioether (sulfide) groups is 1. The van der Waals surface area contributed by atoms with Gasteiger partial charge in [-0.05, 0) is 97.4 Å². The van der Waals surface area contributed by atoms with Crippen LogP contribution in [0.4, 0.5) is 4.79 Å². The molecular weight excluding hydrogens is 757 g/mol. The quantitative estimate of drug-likeness (QED) is 0.0466. The van der Waals surface area contributed by atoms with Gasteiger partial charge in [0.25, 0.3) is 0 Å². The van der Waals surface area contributed by atoms with Crippen LogP contribution in [0.2, 0.25) is 0 Å². The van der Waals surface area contributed by atoms with Gasteiger partial charge in [-0.2, -0.15) is 0 Å². The Morgan fingerprint density at radius 3 is 2.45 bits per heavy atom. The van der Waals surface area contributed by atoms with Crippen LogP contribution in [0.3, 0.4) is 0 Å². The van der Waals surface area contributed by atoms with Crippen LogP contribution in [-0.4, -0.2) is 92.2 Å². The highest BCUT2D eigenvalue weighted by Crippen LogP contribution is 2.62. The largest absolute Gasteiger partial charge is 0.459 e. The molecule has 1 heterocycles. The molecule has 3 aromatic rings. The van der Waals surface area contributed by atoms with Crippen LogP contribution >= 0.6 is 11.8 Å². The molecule has 1 amide bonds. The van der Waals surface area contributed by atoms with Crippen molar-refractivity contribution in [3.8, 4) is 17.2 Å². The Labute approximate surface area is 347 Å². The lowest BCUT2D eigenvalue weighted by atomic mass is 9.55. The average molecular weight is 815 g/mol. The number of carbonyl (C=O) groups is 1. The first-order chi connectivity index (χ1) is 28.4. The summed E-state index contributed by atoms with van der Waals surface area (Å²) in [4.78, 5) is 22.2. The second kappa shape index (κ2) is 21.1. The van der Waals surface area contributed by atoms with E-state index in [0.717, 1.165) is 53.0 Å². The zero-order valence-electron chi connectivity index (χ0n) is 33.9. The molecule has 0 saturated heterocycles. The molecule has 6 atom stereocenters. The number of aliphatic hydroxyl groups excluding tert-OH is 2. The van der Waals surface area contributed by atoms with Crippen LogP contribution in [-0.2, 0) is 25.7 Å². The molecule has 11 nitrogen and oxygen atoms in total. The molecule has 6 rings (SSSR count). The molecule has 1 fully saturated rings. The summed E-state index contributed by atoms with van der Waals surface area (Å²) < 4.78 is 32.2. The van der Waals surface area contributed by atoms with E-state index in [1.165, 1.54) is 7.11 Å². The molecular formula is C46H58N2O9S. The van der Waals surface area contributed by atoms with Crippen molar-refractivity contribution >= 4 is 23.6 Å². The normalized spacial score (nSPS) is 23.8. The highest BCUT2D eigenvalue weighted by molar-refractivity contribution is 7.98. The highest BCUT2D eigenvalue weighted by atomic mass is 32.2. The number of aliphatic hydroxyl groups is 2. The Morgan fingerprint density at radius 1 is 1.00 bits per heavy atom. The number of allylic oxidation sites excluding steroid dienone is 1. The fourth-order valence-electron chi connectivity index (χ4n) is 8.86. The maximum Gasteiger partial charge on any atom is 0.410 e. The number of fused-ring (bicyclic) bond motifs is 2. The molecule has 3 aromatic carbocycles. The Hall–Kier alpha value is -4.33. The van der Waals surface area contributed by atoms with Gasteiger partial charge in [0.15, 0.2) is 0 Å². The SMILES string of the molecule is C=CCOC12Oc3ccc(Oc4ccc(SC)cc4)cc3C3C(CCCCO)C(CCCCO)C=C(C(=NOC)CC1N(C)C(=O)OCCOCc1ccccc1)C32. The second-order valence-corrected chi connectivity index (χ2v) is 15.9. The molecule has 312 valence electrons. The molecule has 1 aliphatic heterocycles. The number of hydrogen-bond acceptors (Lipinski definition) is 11. The number of amides is 1. The molecule has 0 radical (unpaired) electrons. The predicted molar refractivity (Wildman–Crippen MR) is 225 cm³/mol. The minimum absolute atomic E-state index is 0.0639. The maximum atomic E-state index is 14.0. The van der Waals surface area contributed by atoms with E-state index in [-0.39, 0.29) is 57.2 Å². The highest BCUT2D eigenvalue weighted by Gasteiger charge is 2.65. The third-order valence-electron chi connectivity index (χ3n) is 11.5. The van der Waals surface area contributed by atoms with Crippen LogP contribution in [0.5, 0.6) is 17.2 Å². The summed E-state index contributed by atoms with van der Waals surface area (Å²) >= 11 is 1.67. The Bertz CT molecular complexity index is 1860. The first-order valence-corrected chi connectivity index (χ1v) is 21.5. The van der Waals surface area contributed by atoms with E-state index < -0.39 is 23.8 Å². The fraction of sp³-hybridized carbons (Fsp3) is 0.478. The third-order valence-corrected chi connectivity index (χ3v) is 12.2. The third kappa shape index (κ3) is 9.92. The fourth-order valence-corrected chi connectivity index (χ4v) is 9.27. The van der Waals surface area contributed by atoms with Gasteiger partial charge in [-0.25, -0.2) is 4.79 Å². The van der Waals surface area contributed by atoms with Crippen LogP contribution in [0.15, 0.2) is 107 Å². The Balaban J connectivity index is 1.41. The van der Waals surface area contributed by atoms with Crippen LogP contribution in [0.25, 0.3) is 0 Å². The molecule has 2 N–H and O–H groups in total. The molecule has 0 spiro atoms. The van der Waals surface area contributed by atoms with Gasteiger partial charge in [0.1, 0.15) is 37.0 Å². The van der Waals surface area contributed by atoms with Crippen molar-refractivity contribution in [1.29, 1.82) is 0 Å². The summed E-state index contributed by atoms with van der Waals surface area (Å²) in [6.07, 6.45) is 10.5. The molecule has 12 heteroatoms. The Kier molecular flexibility index (Phi) is 15.7. The van der Waals surface area contributed by atoms with E-state index in [1.807, 2.05) is 73.0 Å². The molecule has 2 aliphatic carbocycles. The van der Waals surface area contributed by atoms with Gasteiger partial charge in [-0.15, -0.1) is 18.3 Å². The van der Waals surface area contributed by atoms with Crippen molar-refractivity contribution in [3.05, 3.63) is 108 Å². The van der Waals surface area contributed by atoms with E-state index in [9.17, 15) is 15.0 Å².